The van der Waals surface area contributed by atoms with Crippen LogP contribution in [0.3, 0.4) is 0 Å². The van der Waals surface area contributed by atoms with E-state index in [-0.39, 0.29) is 4.90 Å². The average molecular weight is 593 g/mol. The van der Waals surface area contributed by atoms with E-state index in [1.165, 1.54) is 38.4 Å². The Balaban J connectivity index is 0.000000118. The lowest BCUT2D eigenvalue weighted by atomic mass is 10.1. The molecule has 0 radical (unpaired) electrons. The molecular formula is C40H32O3S. The van der Waals surface area contributed by atoms with Gasteiger partial charge in [-0.3, -0.25) is 4.55 Å². The first-order valence-electron chi connectivity index (χ1n) is 14.3. The molecule has 0 spiro atoms. The first kappa shape index (κ1) is 30.2. The Kier molecular flexibility index (Phi) is 10.1. The van der Waals surface area contributed by atoms with Crippen LogP contribution in [0.25, 0.3) is 43.1 Å². The van der Waals surface area contributed by atoms with Crippen LogP contribution in [-0.2, 0) is 10.1 Å². The third kappa shape index (κ3) is 8.17. The third-order valence-corrected chi connectivity index (χ3v) is 7.92. The molecule has 0 aliphatic carbocycles. The Morgan fingerprint density at radius 3 is 0.795 bits per heavy atom. The van der Waals surface area contributed by atoms with E-state index in [0.717, 1.165) is 5.39 Å². The predicted molar refractivity (Wildman–Crippen MR) is 186 cm³/mol. The Hall–Kier alpha value is -5.29. The fraction of sp³-hybridized carbons (Fsp3) is 0. The molecule has 0 saturated heterocycles. The summed E-state index contributed by atoms with van der Waals surface area (Å²) >= 11 is 0. The number of hydrogen-bond donors (Lipinski definition) is 1. The van der Waals surface area contributed by atoms with Gasteiger partial charge in [0, 0.05) is 5.39 Å². The van der Waals surface area contributed by atoms with Crippen LogP contribution in [0.15, 0.2) is 193 Å². The summed E-state index contributed by atoms with van der Waals surface area (Å²) in [5.41, 5.74) is 0. The van der Waals surface area contributed by atoms with Crippen LogP contribution in [0.4, 0.5) is 0 Å². The van der Waals surface area contributed by atoms with Crippen molar-refractivity contribution in [3.63, 3.8) is 0 Å². The van der Waals surface area contributed by atoms with Gasteiger partial charge in [-0.15, -0.1) is 0 Å². The predicted octanol–water partition coefficient (Wildman–Crippen LogP) is 10.6. The largest absolute Gasteiger partial charge is 0.295 e. The van der Waals surface area contributed by atoms with Crippen LogP contribution in [0.1, 0.15) is 0 Å². The summed E-state index contributed by atoms with van der Waals surface area (Å²) in [6.45, 7) is 0. The molecule has 0 fully saturated rings. The van der Waals surface area contributed by atoms with Crippen molar-refractivity contribution in [1.82, 2.24) is 0 Å². The van der Waals surface area contributed by atoms with Crippen LogP contribution >= 0.6 is 0 Å². The lowest BCUT2D eigenvalue weighted by Gasteiger charge is -2.02. The van der Waals surface area contributed by atoms with Crippen LogP contribution in [-0.4, -0.2) is 13.0 Å². The molecule has 8 rings (SSSR count). The van der Waals surface area contributed by atoms with Crippen LogP contribution < -0.4 is 0 Å². The van der Waals surface area contributed by atoms with Gasteiger partial charge in [-0.1, -0.05) is 182 Å². The van der Waals surface area contributed by atoms with E-state index in [9.17, 15) is 8.42 Å². The minimum atomic E-state index is -4.13. The van der Waals surface area contributed by atoms with Crippen LogP contribution in [0.5, 0.6) is 0 Å². The van der Waals surface area contributed by atoms with E-state index < -0.39 is 10.1 Å². The van der Waals surface area contributed by atoms with Gasteiger partial charge in [0.15, 0.2) is 0 Å². The highest BCUT2D eigenvalue weighted by molar-refractivity contribution is 7.86. The van der Waals surface area contributed by atoms with Crippen molar-refractivity contribution in [3.05, 3.63) is 188 Å². The molecule has 0 aromatic heterocycles. The second kappa shape index (κ2) is 14.7. The molecule has 8 aromatic carbocycles. The maximum absolute atomic E-state index is 11.0. The highest BCUT2D eigenvalue weighted by Crippen LogP contribution is 2.22. The van der Waals surface area contributed by atoms with E-state index in [1.54, 1.807) is 30.3 Å². The van der Waals surface area contributed by atoms with Crippen molar-refractivity contribution >= 4 is 53.2 Å². The van der Waals surface area contributed by atoms with Crippen molar-refractivity contribution in [3.8, 4) is 0 Å². The summed E-state index contributed by atoms with van der Waals surface area (Å²) in [7, 11) is -4.13. The zero-order chi connectivity index (χ0) is 30.6. The Labute approximate surface area is 258 Å². The van der Waals surface area contributed by atoms with Gasteiger partial charge in [0.1, 0.15) is 4.90 Å². The standard InChI is InChI=1S/C10H8O3S.3C10H8/c11-14(12,13)10-7-3-5-8-4-1-2-6-9(8)10;3*1-2-6-10-8-4-3-7-9(10)5-1/h1-7H,(H,11,12,13);3*1-8H. The van der Waals surface area contributed by atoms with Gasteiger partial charge in [0.2, 0.25) is 0 Å². The van der Waals surface area contributed by atoms with Crippen molar-refractivity contribution < 1.29 is 13.0 Å². The van der Waals surface area contributed by atoms with Gasteiger partial charge in [-0.05, 0) is 43.8 Å². The Bertz CT molecular complexity index is 1850. The summed E-state index contributed by atoms with van der Waals surface area (Å²) in [5, 5.41) is 9.19. The van der Waals surface area contributed by atoms with Crippen molar-refractivity contribution in [2.45, 2.75) is 4.90 Å². The summed E-state index contributed by atoms with van der Waals surface area (Å²) < 4.78 is 31.0. The molecule has 0 bridgehead atoms. The molecule has 0 saturated carbocycles. The van der Waals surface area contributed by atoms with E-state index in [0.29, 0.717) is 5.39 Å². The number of hydrogen-bond acceptors (Lipinski definition) is 2. The molecule has 0 unspecified atom stereocenters. The van der Waals surface area contributed by atoms with E-state index >= 15 is 0 Å². The van der Waals surface area contributed by atoms with E-state index in [1.807, 2.05) is 6.07 Å². The van der Waals surface area contributed by atoms with Crippen molar-refractivity contribution in [2.75, 3.05) is 0 Å². The topological polar surface area (TPSA) is 54.4 Å². The molecule has 1 N–H and O–H groups in total. The molecule has 0 aliphatic heterocycles. The van der Waals surface area contributed by atoms with Gasteiger partial charge in [0.05, 0.1) is 0 Å². The lowest BCUT2D eigenvalue weighted by molar-refractivity contribution is 0.484. The lowest BCUT2D eigenvalue weighted by Crippen LogP contribution is -1.98. The summed E-state index contributed by atoms with van der Waals surface area (Å²) in [6, 6.07) is 61.9. The molecule has 216 valence electrons. The third-order valence-electron chi connectivity index (χ3n) is 7.00. The van der Waals surface area contributed by atoms with E-state index in [2.05, 4.69) is 146 Å². The van der Waals surface area contributed by atoms with Crippen molar-refractivity contribution in [1.29, 1.82) is 0 Å². The minimum Gasteiger partial charge on any atom is -0.282 e. The number of fused-ring (bicyclic) bond motifs is 4. The average Bonchev–Trinajstić information content (AvgIpc) is 3.09. The van der Waals surface area contributed by atoms with Crippen LogP contribution in [0, 0.1) is 0 Å². The van der Waals surface area contributed by atoms with Gasteiger partial charge < -0.3 is 0 Å². The zero-order valence-corrected chi connectivity index (χ0v) is 24.9. The first-order valence-corrected chi connectivity index (χ1v) is 15.7. The summed E-state index contributed by atoms with van der Waals surface area (Å²) in [4.78, 5) is -0.0457. The highest BCUT2D eigenvalue weighted by atomic mass is 32.2. The molecular weight excluding hydrogens is 561 g/mol. The maximum atomic E-state index is 11.0. The fourth-order valence-corrected chi connectivity index (χ4v) is 5.53. The van der Waals surface area contributed by atoms with Crippen molar-refractivity contribution in [2.24, 2.45) is 0 Å². The monoisotopic (exact) mass is 592 g/mol. The molecule has 0 aliphatic rings. The first-order chi connectivity index (χ1) is 21.5. The normalized spacial score (nSPS) is 10.6. The summed E-state index contributed by atoms with van der Waals surface area (Å²) in [6.07, 6.45) is 0. The Morgan fingerprint density at radius 1 is 0.295 bits per heavy atom. The fourth-order valence-electron chi connectivity index (χ4n) is 4.82. The summed E-state index contributed by atoms with van der Waals surface area (Å²) in [5.74, 6) is 0. The molecule has 0 atom stereocenters. The zero-order valence-electron chi connectivity index (χ0n) is 24.1. The van der Waals surface area contributed by atoms with Gasteiger partial charge in [-0.2, -0.15) is 8.42 Å². The molecule has 0 amide bonds. The highest BCUT2D eigenvalue weighted by Gasteiger charge is 2.12. The van der Waals surface area contributed by atoms with Crippen LogP contribution in [0.2, 0.25) is 0 Å². The van der Waals surface area contributed by atoms with E-state index in [4.69, 9.17) is 4.55 Å². The van der Waals surface area contributed by atoms with Gasteiger partial charge in [0.25, 0.3) is 10.1 Å². The smallest absolute Gasteiger partial charge is 0.282 e. The quantitative estimate of drug-likeness (QED) is 0.193. The molecule has 44 heavy (non-hydrogen) atoms. The van der Waals surface area contributed by atoms with Gasteiger partial charge >= 0.3 is 0 Å². The molecule has 8 aromatic rings. The Morgan fingerprint density at radius 2 is 0.523 bits per heavy atom. The second-order valence-corrected chi connectivity index (χ2v) is 11.4. The number of rotatable bonds is 1. The molecule has 4 heteroatoms. The SMILES string of the molecule is O=S(=O)(O)c1cccc2ccccc12.c1ccc2ccccc2c1.c1ccc2ccccc2c1.c1ccc2ccccc2c1. The molecule has 3 nitrogen and oxygen atoms in total. The minimum absolute atomic E-state index is 0.0457. The maximum Gasteiger partial charge on any atom is 0.295 e. The van der Waals surface area contributed by atoms with Gasteiger partial charge in [-0.25, -0.2) is 0 Å². The second-order valence-electron chi connectivity index (χ2n) is 9.99. The molecule has 0 heterocycles. The number of benzene rings is 8.